The smallest absolute Gasteiger partial charge is 0.162 e. The average molecular weight is 591 g/mol. The Hall–Kier alpha value is -5.78. The Bertz CT molecular complexity index is 2980. The van der Waals surface area contributed by atoms with Gasteiger partial charge in [-0.2, -0.15) is 0 Å². The first kappa shape index (κ1) is 23.6. The van der Waals surface area contributed by atoms with E-state index in [1.54, 1.807) is 11.3 Å². The molecule has 0 N–H and O–H groups in total. The van der Waals surface area contributed by atoms with Crippen LogP contribution in [0.25, 0.3) is 97.4 Å². The predicted octanol–water partition coefficient (Wildman–Crippen LogP) is 10.8. The van der Waals surface area contributed by atoms with Crippen molar-refractivity contribution in [2.45, 2.75) is 0 Å². The van der Waals surface area contributed by atoms with Gasteiger partial charge in [0.25, 0.3) is 0 Å². The zero-order valence-corrected chi connectivity index (χ0v) is 24.7. The summed E-state index contributed by atoms with van der Waals surface area (Å²) in [7, 11) is 0. The van der Waals surface area contributed by atoms with Crippen LogP contribution in [0.5, 0.6) is 0 Å². The lowest BCUT2D eigenvalue weighted by molar-refractivity contribution is 1.08. The molecule has 0 unspecified atom stereocenters. The monoisotopic (exact) mass is 590 g/mol. The summed E-state index contributed by atoms with van der Waals surface area (Å²) in [6, 6.07) is 47.9. The second-order valence-electron chi connectivity index (χ2n) is 11.8. The molecule has 0 aliphatic heterocycles. The zero-order valence-electron chi connectivity index (χ0n) is 23.9. The van der Waals surface area contributed by atoms with Gasteiger partial charge in [-0.1, -0.05) is 109 Å². The van der Waals surface area contributed by atoms with Crippen LogP contribution in [0.1, 0.15) is 0 Å². The van der Waals surface area contributed by atoms with Crippen molar-refractivity contribution in [3.63, 3.8) is 0 Å². The Morgan fingerprint density at radius 1 is 0.489 bits per heavy atom. The molecule has 0 fully saturated rings. The molecule has 0 bridgehead atoms. The van der Waals surface area contributed by atoms with Crippen molar-refractivity contribution >= 4 is 91.5 Å². The van der Waals surface area contributed by atoms with Crippen molar-refractivity contribution < 1.29 is 0 Å². The first-order chi connectivity index (χ1) is 22.3. The summed E-state index contributed by atoms with van der Waals surface area (Å²) in [4.78, 5) is 10.7. The Balaban J connectivity index is 1.45. The van der Waals surface area contributed by atoms with Gasteiger partial charge in [-0.3, -0.25) is 4.57 Å². The summed E-state index contributed by atoms with van der Waals surface area (Å²) in [6.45, 7) is 0. The van der Waals surface area contributed by atoms with Gasteiger partial charge in [0.2, 0.25) is 0 Å². The van der Waals surface area contributed by atoms with Gasteiger partial charge < -0.3 is 4.40 Å². The molecule has 11 aromatic rings. The maximum Gasteiger partial charge on any atom is 0.162 e. The molecule has 0 spiro atoms. The molecule has 0 atom stereocenters. The molecule has 5 aromatic heterocycles. The highest BCUT2D eigenvalue weighted by atomic mass is 32.1. The summed E-state index contributed by atoms with van der Waals surface area (Å²) < 4.78 is 7.22. The molecular weight excluding hydrogens is 569 g/mol. The van der Waals surface area contributed by atoms with Gasteiger partial charge in [0.1, 0.15) is 0 Å². The fourth-order valence-electron chi connectivity index (χ4n) is 7.63. The van der Waals surface area contributed by atoms with Crippen molar-refractivity contribution in [3.05, 3.63) is 133 Å². The fourth-order valence-corrected chi connectivity index (χ4v) is 8.75. The molecule has 0 aliphatic carbocycles. The van der Waals surface area contributed by atoms with Gasteiger partial charge in [-0.05, 0) is 35.0 Å². The highest BCUT2D eigenvalue weighted by molar-refractivity contribution is 7.26. The van der Waals surface area contributed by atoms with E-state index in [0.717, 1.165) is 38.3 Å². The highest BCUT2D eigenvalue weighted by Crippen LogP contribution is 2.47. The van der Waals surface area contributed by atoms with Crippen LogP contribution in [0.15, 0.2) is 133 Å². The maximum absolute atomic E-state index is 5.44. The quantitative estimate of drug-likeness (QED) is 0.201. The van der Waals surface area contributed by atoms with Crippen LogP contribution in [0.4, 0.5) is 0 Å². The van der Waals surface area contributed by atoms with Crippen LogP contribution in [0.3, 0.4) is 0 Å². The van der Waals surface area contributed by atoms with Gasteiger partial charge in [0, 0.05) is 37.2 Å². The summed E-state index contributed by atoms with van der Waals surface area (Å²) in [6.07, 6.45) is 0. The van der Waals surface area contributed by atoms with Crippen LogP contribution in [-0.4, -0.2) is 18.9 Å². The molecule has 5 heteroatoms. The lowest BCUT2D eigenvalue weighted by Gasteiger charge is -2.11. The highest BCUT2D eigenvalue weighted by Gasteiger charge is 2.27. The van der Waals surface area contributed by atoms with E-state index in [4.69, 9.17) is 9.97 Å². The first-order valence-electron chi connectivity index (χ1n) is 15.2. The first-order valence-corrected chi connectivity index (χ1v) is 16.0. The largest absolute Gasteiger partial charge is 0.306 e. The Morgan fingerprint density at radius 3 is 2.07 bits per heavy atom. The van der Waals surface area contributed by atoms with E-state index in [2.05, 4.69) is 136 Å². The van der Waals surface area contributed by atoms with E-state index in [9.17, 15) is 0 Å². The molecule has 5 heterocycles. The van der Waals surface area contributed by atoms with E-state index < -0.39 is 0 Å². The molecule has 0 saturated heterocycles. The van der Waals surface area contributed by atoms with E-state index in [0.29, 0.717) is 0 Å². The Kier molecular flexibility index (Phi) is 4.43. The number of nitrogens with zero attached hydrogens (tertiary/aromatic N) is 4. The Morgan fingerprint density at radius 2 is 1.20 bits per heavy atom. The number of hydrogen-bond acceptors (Lipinski definition) is 3. The van der Waals surface area contributed by atoms with Crippen molar-refractivity contribution in [1.29, 1.82) is 0 Å². The molecule has 4 nitrogen and oxygen atoms in total. The number of benzene rings is 6. The third-order valence-electron chi connectivity index (χ3n) is 9.45. The SMILES string of the molecule is c1ccc(-c2nc(-n3c4ccc5cccc6c7ccccc7n7c8ccccc8c3c7c4c56)c3sc4ccccc4c3n2)cc1. The standard InChI is InChI=1S/C40H22N4S/c1-2-11-24(12-3-1)39-41-35-28-16-6-9-20-32(28)45-38(35)40(42-39)44-31-22-21-23-13-10-17-26-25-14-4-7-18-29(25)43-30-19-8-5-15-27(30)36(44)37(43)34(31)33(23)26/h1-22H. The zero-order chi connectivity index (χ0) is 29.2. The number of hydrogen-bond donors (Lipinski definition) is 0. The van der Waals surface area contributed by atoms with Gasteiger partial charge in [-0.15, -0.1) is 11.3 Å². The minimum atomic E-state index is 0.735. The normalized spacial score (nSPS) is 12.4. The fraction of sp³-hybridized carbons (Fsp3) is 0. The summed E-state index contributed by atoms with van der Waals surface area (Å²) in [5, 5.41) is 8.68. The van der Waals surface area contributed by atoms with Crippen LogP contribution < -0.4 is 0 Å². The van der Waals surface area contributed by atoms with Crippen molar-refractivity contribution in [3.8, 4) is 17.2 Å². The maximum atomic E-state index is 5.44. The average Bonchev–Trinajstić information content (AvgIpc) is 3.73. The van der Waals surface area contributed by atoms with Crippen molar-refractivity contribution in [1.82, 2.24) is 18.9 Å². The second kappa shape index (κ2) is 8.44. The molecule has 6 aromatic carbocycles. The lowest BCUT2D eigenvalue weighted by Crippen LogP contribution is -2.01. The number of thiophene rings is 1. The van der Waals surface area contributed by atoms with Gasteiger partial charge >= 0.3 is 0 Å². The molecular formula is C40H22N4S. The molecule has 0 amide bonds. The van der Waals surface area contributed by atoms with Crippen LogP contribution >= 0.6 is 11.3 Å². The molecule has 0 radical (unpaired) electrons. The topological polar surface area (TPSA) is 35.1 Å². The van der Waals surface area contributed by atoms with Gasteiger partial charge in [-0.25, -0.2) is 9.97 Å². The number of para-hydroxylation sites is 2. The molecule has 11 rings (SSSR count). The van der Waals surface area contributed by atoms with Gasteiger partial charge in [0.05, 0.1) is 37.8 Å². The Labute approximate surface area is 260 Å². The third-order valence-corrected chi connectivity index (χ3v) is 10.6. The van der Waals surface area contributed by atoms with Gasteiger partial charge in [0.15, 0.2) is 11.6 Å². The van der Waals surface area contributed by atoms with E-state index >= 15 is 0 Å². The summed E-state index contributed by atoms with van der Waals surface area (Å²) in [5.41, 5.74) is 7.96. The van der Waals surface area contributed by atoms with Crippen molar-refractivity contribution in [2.24, 2.45) is 0 Å². The summed E-state index contributed by atoms with van der Waals surface area (Å²) in [5.74, 6) is 1.66. The van der Waals surface area contributed by atoms with E-state index in [1.807, 2.05) is 6.07 Å². The molecule has 45 heavy (non-hydrogen) atoms. The minimum Gasteiger partial charge on any atom is -0.306 e. The minimum absolute atomic E-state index is 0.735. The van der Waals surface area contributed by atoms with Crippen molar-refractivity contribution in [2.75, 3.05) is 0 Å². The molecule has 0 aliphatic rings. The van der Waals surface area contributed by atoms with E-state index in [-0.39, 0.29) is 0 Å². The third kappa shape index (κ3) is 2.96. The summed E-state index contributed by atoms with van der Waals surface area (Å²) >= 11 is 1.78. The number of aromatic nitrogens is 4. The number of rotatable bonds is 2. The number of fused-ring (bicyclic) bond motifs is 9. The van der Waals surface area contributed by atoms with Crippen LogP contribution in [0, 0.1) is 0 Å². The molecule has 208 valence electrons. The lowest BCUT2D eigenvalue weighted by atomic mass is 10.0. The van der Waals surface area contributed by atoms with Crippen LogP contribution in [0.2, 0.25) is 0 Å². The van der Waals surface area contributed by atoms with Crippen LogP contribution in [-0.2, 0) is 0 Å². The van der Waals surface area contributed by atoms with E-state index in [1.165, 1.54) is 59.1 Å². The predicted molar refractivity (Wildman–Crippen MR) is 189 cm³/mol. The molecule has 0 saturated carbocycles. The second-order valence-corrected chi connectivity index (χ2v) is 12.8.